The van der Waals surface area contributed by atoms with E-state index in [1.165, 1.54) is 12.1 Å². The lowest BCUT2D eigenvalue weighted by molar-refractivity contribution is -0.137. The first kappa shape index (κ1) is 19.5. The zero-order valence-corrected chi connectivity index (χ0v) is 14.1. The Morgan fingerprint density at radius 3 is 2.36 bits per heavy atom. The van der Waals surface area contributed by atoms with E-state index in [1.807, 2.05) is 0 Å². The van der Waals surface area contributed by atoms with Crippen molar-refractivity contribution in [1.29, 1.82) is 5.26 Å². The van der Waals surface area contributed by atoms with Crippen LogP contribution in [0.15, 0.2) is 36.2 Å². The lowest BCUT2D eigenvalue weighted by atomic mass is 9.74. The van der Waals surface area contributed by atoms with Crippen molar-refractivity contribution in [3.8, 4) is 6.07 Å². The standard InChI is InChI=1S/C19H21F4NO/c1-25-18(10-2-3-17(20)13-24)11-8-15(9-12-18)14-4-6-16(7-5-14)19(21,22)23/h3-7,15H,2,8-12H2,1H3. The average molecular weight is 355 g/mol. The van der Waals surface area contributed by atoms with Gasteiger partial charge in [0.1, 0.15) is 6.07 Å². The maximum atomic E-state index is 12.9. The summed E-state index contributed by atoms with van der Waals surface area (Å²) in [6.07, 6.45) is 1.14. The summed E-state index contributed by atoms with van der Waals surface area (Å²) in [6, 6.07) is 6.81. The van der Waals surface area contributed by atoms with Crippen LogP contribution in [0, 0.1) is 11.3 Å². The van der Waals surface area contributed by atoms with E-state index in [0.29, 0.717) is 12.8 Å². The highest BCUT2D eigenvalue weighted by atomic mass is 19.4. The van der Waals surface area contributed by atoms with Crippen molar-refractivity contribution in [2.24, 2.45) is 0 Å². The Bertz CT molecular complexity index is 635. The molecule has 0 saturated heterocycles. The summed E-state index contributed by atoms with van der Waals surface area (Å²) in [5.74, 6) is -0.582. The number of halogens is 4. The normalized spacial score (nSPS) is 24.8. The van der Waals surface area contributed by atoms with E-state index in [-0.39, 0.29) is 11.5 Å². The van der Waals surface area contributed by atoms with E-state index in [0.717, 1.165) is 43.4 Å². The Balaban J connectivity index is 1.96. The molecule has 1 aromatic carbocycles. The fourth-order valence-electron chi connectivity index (χ4n) is 3.49. The molecule has 0 amide bonds. The van der Waals surface area contributed by atoms with Gasteiger partial charge >= 0.3 is 6.18 Å². The molecule has 2 rings (SSSR count). The minimum atomic E-state index is -4.32. The van der Waals surface area contributed by atoms with E-state index in [4.69, 9.17) is 10.00 Å². The van der Waals surface area contributed by atoms with Gasteiger partial charge in [0.2, 0.25) is 0 Å². The zero-order chi connectivity index (χ0) is 18.5. The monoisotopic (exact) mass is 355 g/mol. The Labute approximate surface area is 145 Å². The molecule has 6 heteroatoms. The third kappa shape index (κ3) is 5.05. The van der Waals surface area contributed by atoms with Gasteiger partial charge in [-0.3, -0.25) is 0 Å². The van der Waals surface area contributed by atoms with E-state index in [2.05, 4.69) is 0 Å². The summed E-state index contributed by atoms with van der Waals surface area (Å²) >= 11 is 0. The molecule has 25 heavy (non-hydrogen) atoms. The van der Waals surface area contributed by atoms with Crippen LogP contribution in [0.25, 0.3) is 0 Å². The number of hydrogen-bond acceptors (Lipinski definition) is 2. The van der Waals surface area contributed by atoms with Crippen LogP contribution in [0.5, 0.6) is 0 Å². The number of alkyl halides is 3. The molecule has 0 N–H and O–H groups in total. The number of nitrogens with zero attached hydrogens (tertiary/aromatic N) is 1. The van der Waals surface area contributed by atoms with Gasteiger partial charge in [-0.2, -0.15) is 22.8 Å². The molecule has 0 aliphatic heterocycles. The second kappa shape index (κ2) is 8.01. The highest BCUT2D eigenvalue weighted by Gasteiger charge is 2.35. The fraction of sp³-hybridized carbons (Fsp3) is 0.526. The number of nitriles is 1. The van der Waals surface area contributed by atoms with Crippen molar-refractivity contribution in [1.82, 2.24) is 0 Å². The quantitative estimate of drug-likeness (QED) is 0.486. The molecule has 0 atom stereocenters. The van der Waals surface area contributed by atoms with Crippen LogP contribution < -0.4 is 0 Å². The summed E-state index contributed by atoms with van der Waals surface area (Å²) in [4.78, 5) is 0. The molecular weight excluding hydrogens is 334 g/mol. The molecule has 136 valence electrons. The number of hydrogen-bond donors (Lipinski definition) is 0. The van der Waals surface area contributed by atoms with Gasteiger partial charge in [-0.1, -0.05) is 12.1 Å². The third-order valence-corrected chi connectivity index (χ3v) is 5.07. The number of benzene rings is 1. The molecule has 0 aromatic heterocycles. The molecule has 1 fully saturated rings. The minimum absolute atomic E-state index is 0.206. The van der Waals surface area contributed by atoms with E-state index in [1.54, 1.807) is 19.2 Å². The van der Waals surface area contributed by atoms with Gasteiger partial charge in [-0.05, 0) is 68.2 Å². The zero-order valence-electron chi connectivity index (χ0n) is 14.1. The molecule has 0 radical (unpaired) electrons. The summed E-state index contributed by atoms with van der Waals surface area (Å²) in [6.45, 7) is 0. The van der Waals surface area contributed by atoms with Gasteiger partial charge in [0.15, 0.2) is 5.83 Å². The number of allylic oxidation sites excluding steroid dienone is 2. The van der Waals surface area contributed by atoms with Crippen LogP contribution in [0.2, 0.25) is 0 Å². The molecule has 1 aromatic rings. The van der Waals surface area contributed by atoms with Crippen molar-refractivity contribution >= 4 is 0 Å². The van der Waals surface area contributed by atoms with Crippen LogP contribution >= 0.6 is 0 Å². The van der Waals surface area contributed by atoms with Crippen molar-refractivity contribution in [3.05, 3.63) is 47.3 Å². The third-order valence-electron chi connectivity index (χ3n) is 5.07. The largest absolute Gasteiger partial charge is 0.416 e. The van der Waals surface area contributed by atoms with Crippen molar-refractivity contribution in [2.75, 3.05) is 7.11 Å². The van der Waals surface area contributed by atoms with E-state index in [9.17, 15) is 17.6 Å². The highest BCUT2D eigenvalue weighted by molar-refractivity contribution is 5.27. The lowest BCUT2D eigenvalue weighted by Crippen LogP contribution is -2.35. The lowest BCUT2D eigenvalue weighted by Gasteiger charge is -2.39. The predicted molar refractivity (Wildman–Crippen MR) is 86.4 cm³/mol. The maximum Gasteiger partial charge on any atom is 0.416 e. The SMILES string of the molecule is COC1(CCC=C(F)C#N)CCC(c2ccc(C(F)(F)F)cc2)CC1. The molecule has 1 aliphatic carbocycles. The molecule has 0 bridgehead atoms. The Morgan fingerprint density at radius 1 is 1.28 bits per heavy atom. The van der Waals surface area contributed by atoms with Gasteiger partial charge in [0.05, 0.1) is 11.2 Å². The summed E-state index contributed by atoms with van der Waals surface area (Å²) < 4.78 is 56.5. The topological polar surface area (TPSA) is 33.0 Å². The van der Waals surface area contributed by atoms with Crippen LogP contribution in [0.3, 0.4) is 0 Å². The molecule has 1 aliphatic rings. The molecule has 2 nitrogen and oxygen atoms in total. The Morgan fingerprint density at radius 2 is 1.88 bits per heavy atom. The second-order valence-corrected chi connectivity index (χ2v) is 6.48. The Kier molecular flexibility index (Phi) is 6.23. The number of methoxy groups -OCH3 is 1. The number of ether oxygens (including phenoxy) is 1. The van der Waals surface area contributed by atoms with Crippen LogP contribution in [0.4, 0.5) is 17.6 Å². The van der Waals surface area contributed by atoms with Gasteiger partial charge in [-0.15, -0.1) is 0 Å². The smallest absolute Gasteiger partial charge is 0.378 e. The molecular formula is C19H21F4NO. The van der Waals surface area contributed by atoms with Crippen molar-refractivity contribution in [2.45, 2.75) is 56.2 Å². The van der Waals surface area contributed by atoms with Gasteiger partial charge in [0, 0.05) is 7.11 Å². The van der Waals surface area contributed by atoms with E-state index < -0.39 is 17.6 Å². The first-order valence-corrected chi connectivity index (χ1v) is 8.28. The molecule has 0 unspecified atom stereocenters. The number of rotatable bonds is 5. The Hall–Kier alpha value is -1.87. The highest BCUT2D eigenvalue weighted by Crippen LogP contribution is 2.42. The van der Waals surface area contributed by atoms with Crippen LogP contribution in [-0.4, -0.2) is 12.7 Å². The van der Waals surface area contributed by atoms with Gasteiger partial charge in [0.25, 0.3) is 0 Å². The average Bonchev–Trinajstić information content (AvgIpc) is 2.61. The van der Waals surface area contributed by atoms with Crippen molar-refractivity contribution in [3.63, 3.8) is 0 Å². The molecule has 0 heterocycles. The summed E-state index contributed by atoms with van der Waals surface area (Å²) in [5.41, 5.74) is -0.0769. The first-order chi connectivity index (χ1) is 11.8. The van der Waals surface area contributed by atoms with Gasteiger partial charge in [-0.25, -0.2) is 0 Å². The predicted octanol–water partition coefficient (Wildman–Crippen LogP) is 5.91. The summed E-state index contributed by atoms with van der Waals surface area (Å²) in [7, 11) is 1.63. The second-order valence-electron chi connectivity index (χ2n) is 6.48. The summed E-state index contributed by atoms with van der Waals surface area (Å²) in [5, 5.41) is 8.43. The molecule has 0 spiro atoms. The van der Waals surface area contributed by atoms with E-state index >= 15 is 0 Å². The van der Waals surface area contributed by atoms with Crippen molar-refractivity contribution < 1.29 is 22.3 Å². The molecule has 1 saturated carbocycles. The van der Waals surface area contributed by atoms with Crippen LogP contribution in [-0.2, 0) is 10.9 Å². The fourth-order valence-corrected chi connectivity index (χ4v) is 3.49. The van der Waals surface area contributed by atoms with Crippen LogP contribution in [0.1, 0.15) is 55.6 Å². The first-order valence-electron chi connectivity index (χ1n) is 8.28. The maximum absolute atomic E-state index is 12.9. The minimum Gasteiger partial charge on any atom is -0.378 e. The van der Waals surface area contributed by atoms with Gasteiger partial charge < -0.3 is 4.74 Å².